The van der Waals surface area contributed by atoms with Crippen molar-refractivity contribution in [2.24, 2.45) is 0 Å². The second-order valence-corrected chi connectivity index (χ2v) is 10.4. The molecule has 0 spiro atoms. The van der Waals surface area contributed by atoms with E-state index in [0.29, 0.717) is 10.9 Å². The van der Waals surface area contributed by atoms with Gasteiger partial charge in [-0.2, -0.15) is 5.10 Å². The predicted octanol–water partition coefficient (Wildman–Crippen LogP) is 4.45. The number of hydrogen-bond acceptors (Lipinski definition) is 6. The highest BCUT2D eigenvalue weighted by Crippen LogP contribution is 2.27. The van der Waals surface area contributed by atoms with Gasteiger partial charge in [-0.1, -0.05) is 38.5 Å². The van der Waals surface area contributed by atoms with Gasteiger partial charge in [0.2, 0.25) is 0 Å². The maximum absolute atomic E-state index is 12.8. The van der Waals surface area contributed by atoms with Gasteiger partial charge in [0.1, 0.15) is 5.82 Å². The Morgan fingerprint density at radius 2 is 1.88 bits per heavy atom. The highest BCUT2D eigenvalue weighted by atomic mass is 32.1. The van der Waals surface area contributed by atoms with E-state index in [1.165, 1.54) is 16.9 Å². The molecule has 8 nitrogen and oxygen atoms in total. The van der Waals surface area contributed by atoms with Gasteiger partial charge < -0.3 is 4.74 Å². The van der Waals surface area contributed by atoms with Crippen LogP contribution in [0.3, 0.4) is 0 Å². The van der Waals surface area contributed by atoms with Crippen molar-refractivity contribution in [3.8, 4) is 5.69 Å². The first-order valence-corrected chi connectivity index (χ1v) is 12.1. The number of anilines is 2. The van der Waals surface area contributed by atoms with Crippen LogP contribution in [-0.4, -0.2) is 58.5 Å². The van der Waals surface area contributed by atoms with E-state index in [-0.39, 0.29) is 11.4 Å². The topological polar surface area (TPSA) is 84.3 Å². The third kappa shape index (κ3) is 6.19. The molecule has 1 aromatic carbocycles. The molecule has 2 N–H and O–H groups in total. The zero-order valence-corrected chi connectivity index (χ0v) is 20.5. The molecule has 33 heavy (non-hydrogen) atoms. The van der Waals surface area contributed by atoms with Gasteiger partial charge in [0.15, 0.2) is 5.13 Å². The Kier molecular flexibility index (Phi) is 7.11. The summed E-state index contributed by atoms with van der Waals surface area (Å²) in [7, 11) is 0. The lowest BCUT2D eigenvalue weighted by molar-refractivity contribution is 0.0385. The molecule has 3 heterocycles. The maximum Gasteiger partial charge on any atom is 0.326 e. The summed E-state index contributed by atoms with van der Waals surface area (Å²) in [6.07, 6.45) is 2.76. The van der Waals surface area contributed by atoms with E-state index in [9.17, 15) is 4.79 Å². The number of benzene rings is 1. The number of amides is 2. The Balaban J connectivity index is 1.42. The molecule has 9 heteroatoms. The van der Waals surface area contributed by atoms with E-state index < -0.39 is 0 Å². The van der Waals surface area contributed by atoms with Crippen molar-refractivity contribution >= 4 is 28.3 Å². The number of carbonyl (C=O) groups excluding carboxylic acids is 1. The lowest BCUT2D eigenvalue weighted by atomic mass is 9.92. The van der Waals surface area contributed by atoms with Crippen molar-refractivity contribution in [3.63, 3.8) is 0 Å². The van der Waals surface area contributed by atoms with Crippen LogP contribution in [0, 0.1) is 6.92 Å². The van der Waals surface area contributed by atoms with Crippen molar-refractivity contribution in [1.82, 2.24) is 19.7 Å². The van der Waals surface area contributed by atoms with Crippen molar-refractivity contribution < 1.29 is 9.53 Å². The zero-order valence-electron chi connectivity index (χ0n) is 19.7. The molecule has 1 aliphatic rings. The average Bonchev–Trinajstić information content (AvgIpc) is 3.40. The minimum Gasteiger partial charge on any atom is -0.379 e. The molecule has 0 radical (unpaired) electrons. The minimum atomic E-state index is -0.335. The largest absolute Gasteiger partial charge is 0.379 e. The summed E-state index contributed by atoms with van der Waals surface area (Å²) in [6.45, 7) is 12.9. The summed E-state index contributed by atoms with van der Waals surface area (Å²) >= 11 is 1.51. The number of aromatic nitrogens is 3. The van der Waals surface area contributed by atoms with Gasteiger partial charge in [0, 0.05) is 42.2 Å². The van der Waals surface area contributed by atoms with Crippen LogP contribution in [0.15, 0.2) is 36.5 Å². The summed E-state index contributed by atoms with van der Waals surface area (Å²) in [6, 6.07) is 9.66. The number of thiazole rings is 1. The van der Waals surface area contributed by atoms with Gasteiger partial charge in [-0.3, -0.25) is 15.5 Å². The highest BCUT2D eigenvalue weighted by molar-refractivity contribution is 7.15. The molecular formula is C24H32N6O2S. The number of hydrogen-bond donors (Lipinski definition) is 2. The molecule has 176 valence electrons. The first-order chi connectivity index (χ1) is 15.8. The van der Waals surface area contributed by atoms with Gasteiger partial charge in [0.25, 0.3) is 0 Å². The number of aryl methyl sites for hydroxylation is 1. The summed E-state index contributed by atoms with van der Waals surface area (Å²) < 4.78 is 7.17. The number of rotatable bonds is 6. The molecule has 1 saturated heterocycles. The van der Waals surface area contributed by atoms with Crippen molar-refractivity contribution in [3.05, 3.63) is 52.7 Å². The smallest absolute Gasteiger partial charge is 0.326 e. The number of nitrogens with zero attached hydrogens (tertiary/aromatic N) is 4. The quantitative estimate of drug-likeness (QED) is 0.558. The normalized spacial score (nSPS) is 14.9. The summed E-state index contributed by atoms with van der Waals surface area (Å²) in [5, 5.41) is 11.2. The monoisotopic (exact) mass is 468 g/mol. The van der Waals surface area contributed by atoms with Crippen molar-refractivity contribution in [2.45, 2.75) is 39.5 Å². The molecule has 0 unspecified atom stereocenters. The lowest BCUT2D eigenvalue weighted by Gasteiger charge is -2.26. The standard InChI is InChI=1S/C24H32N6O2S/c1-17-5-7-18(8-6-17)30-21(15-20(28-30)24(2,3)4)26-22(31)27-23-25-16-19(33-23)9-10-29-11-13-32-14-12-29/h5-8,15-16H,9-14H2,1-4H3,(H2,25,26,27,31). The van der Waals surface area contributed by atoms with Crippen LogP contribution in [0.5, 0.6) is 0 Å². The molecule has 0 saturated carbocycles. The lowest BCUT2D eigenvalue weighted by Crippen LogP contribution is -2.37. The van der Waals surface area contributed by atoms with E-state index in [2.05, 4.69) is 41.3 Å². The van der Waals surface area contributed by atoms with Crippen LogP contribution in [0.25, 0.3) is 5.69 Å². The van der Waals surface area contributed by atoms with E-state index in [1.54, 1.807) is 4.68 Å². The Morgan fingerprint density at radius 1 is 1.15 bits per heavy atom. The van der Waals surface area contributed by atoms with E-state index >= 15 is 0 Å². The maximum atomic E-state index is 12.8. The first-order valence-electron chi connectivity index (χ1n) is 11.3. The van der Waals surface area contributed by atoms with Gasteiger partial charge in [-0.05, 0) is 25.5 Å². The zero-order chi connectivity index (χ0) is 23.4. The second-order valence-electron chi connectivity index (χ2n) is 9.33. The van der Waals surface area contributed by atoms with Gasteiger partial charge >= 0.3 is 6.03 Å². The third-order valence-electron chi connectivity index (χ3n) is 5.55. The Labute approximate surface area is 199 Å². The molecule has 0 aliphatic carbocycles. The predicted molar refractivity (Wildman–Crippen MR) is 133 cm³/mol. The number of carbonyl (C=O) groups is 1. The van der Waals surface area contributed by atoms with Crippen LogP contribution < -0.4 is 10.6 Å². The molecule has 4 rings (SSSR count). The first kappa shape index (κ1) is 23.4. The van der Waals surface area contributed by atoms with Crippen LogP contribution in [0.1, 0.15) is 36.9 Å². The average molecular weight is 469 g/mol. The van der Waals surface area contributed by atoms with Gasteiger partial charge in [0.05, 0.1) is 24.6 Å². The van der Waals surface area contributed by atoms with E-state index in [1.807, 2.05) is 43.5 Å². The summed E-state index contributed by atoms with van der Waals surface area (Å²) in [5.41, 5.74) is 2.82. The summed E-state index contributed by atoms with van der Waals surface area (Å²) in [4.78, 5) is 20.7. The molecule has 0 bridgehead atoms. The van der Waals surface area contributed by atoms with Crippen LogP contribution >= 0.6 is 11.3 Å². The Hall–Kier alpha value is -2.75. The fraction of sp³-hybridized carbons (Fsp3) is 0.458. The molecule has 2 amide bonds. The molecule has 2 aromatic heterocycles. The van der Waals surface area contributed by atoms with Crippen molar-refractivity contribution in [2.75, 3.05) is 43.5 Å². The Bertz CT molecular complexity index is 1080. The van der Waals surface area contributed by atoms with Crippen LogP contribution in [-0.2, 0) is 16.6 Å². The fourth-order valence-electron chi connectivity index (χ4n) is 3.54. The fourth-order valence-corrected chi connectivity index (χ4v) is 4.33. The molecule has 1 aliphatic heterocycles. The molecular weight excluding hydrogens is 436 g/mol. The molecule has 1 fully saturated rings. The third-order valence-corrected chi connectivity index (χ3v) is 6.52. The SMILES string of the molecule is Cc1ccc(-n2nc(C(C)(C)C)cc2NC(=O)Nc2ncc(CCN3CCOCC3)s2)cc1. The Morgan fingerprint density at radius 3 is 2.58 bits per heavy atom. The second kappa shape index (κ2) is 10.0. The number of ether oxygens (including phenoxy) is 1. The minimum absolute atomic E-state index is 0.145. The number of nitrogens with one attached hydrogen (secondary N) is 2. The van der Waals surface area contributed by atoms with Gasteiger partial charge in [-0.25, -0.2) is 14.5 Å². The molecule has 3 aromatic rings. The van der Waals surface area contributed by atoms with E-state index in [0.717, 1.165) is 55.5 Å². The molecule has 0 atom stereocenters. The van der Waals surface area contributed by atoms with Crippen molar-refractivity contribution in [1.29, 1.82) is 0 Å². The van der Waals surface area contributed by atoms with E-state index in [4.69, 9.17) is 9.84 Å². The number of urea groups is 1. The number of morpholine rings is 1. The summed E-state index contributed by atoms with van der Waals surface area (Å²) in [5.74, 6) is 0.616. The van der Waals surface area contributed by atoms with Crippen LogP contribution in [0.4, 0.5) is 15.7 Å². The highest BCUT2D eigenvalue weighted by Gasteiger charge is 2.22. The van der Waals surface area contributed by atoms with Crippen LogP contribution in [0.2, 0.25) is 0 Å². The van der Waals surface area contributed by atoms with Gasteiger partial charge in [-0.15, -0.1) is 11.3 Å².